The highest BCUT2D eigenvalue weighted by atomic mass is 35.5. The van der Waals surface area contributed by atoms with Gasteiger partial charge in [0.05, 0.1) is 15.1 Å². The van der Waals surface area contributed by atoms with Crippen molar-refractivity contribution in [3.63, 3.8) is 0 Å². The number of rotatable bonds is 0. The molecule has 0 aromatic heterocycles. The molecule has 0 bridgehead atoms. The zero-order chi connectivity index (χ0) is 6.85. The number of benzene rings is 1. The number of hydrogen-bond acceptors (Lipinski definition) is 0. The van der Waals surface area contributed by atoms with Gasteiger partial charge < -0.3 is 0 Å². The predicted molar refractivity (Wildman–Crippen MR) is 39.1 cm³/mol. The van der Waals surface area contributed by atoms with E-state index in [0.717, 1.165) is 0 Å². The van der Waals surface area contributed by atoms with Gasteiger partial charge in [0.25, 0.3) is 0 Å². The lowest BCUT2D eigenvalue weighted by Gasteiger charge is -1.91. The Kier molecular flexibility index (Phi) is 2.23. The van der Waals surface area contributed by atoms with Crippen LogP contribution >= 0.6 is 34.8 Å². The molecule has 0 atom stereocenters. The smallest absolute Gasteiger partial charge is 0.0693 e. The Balaban J connectivity index is 3.17. The fraction of sp³-hybridized carbons (Fsp3) is 0. The van der Waals surface area contributed by atoms with Gasteiger partial charge in [0.1, 0.15) is 0 Å². The van der Waals surface area contributed by atoms with Crippen LogP contribution in [-0.4, -0.2) is 0 Å². The molecule has 1 aromatic rings. The van der Waals surface area contributed by atoms with Gasteiger partial charge in [-0.25, -0.2) is 0 Å². The molecule has 0 fully saturated rings. The second-order valence-corrected chi connectivity index (χ2v) is 2.55. The van der Waals surface area contributed by atoms with Crippen LogP contribution in [0.1, 0.15) is 0 Å². The van der Waals surface area contributed by atoms with Crippen molar-refractivity contribution in [2.75, 3.05) is 0 Å². The zero-order valence-corrected chi connectivity index (χ0v) is 6.48. The van der Waals surface area contributed by atoms with Crippen LogP contribution in [-0.2, 0) is 0 Å². The quantitative estimate of drug-likeness (QED) is 0.536. The normalized spacial score (nSPS) is 9.67. The molecule has 9 heavy (non-hydrogen) atoms. The first-order chi connectivity index (χ1) is 4.20. The fourth-order valence-electron chi connectivity index (χ4n) is 0.386. The number of hydrogen-bond donors (Lipinski definition) is 0. The molecule has 0 nitrogen and oxygen atoms in total. The van der Waals surface area contributed by atoms with E-state index in [1.807, 2.05) is 0 Å². The van der Waals surface area contributed by atoms with E-state index >= 15 is 0 Å². The van der Waals surface area contributed by atoms with Gasteiger partial charge in [0.2, 0.25) is 0 Å². The summed E-state index contributed by atoms with van der Waals surface area (Å²) in [4.78, 5) is 0. The minimum Gasteiger partial charge on any atom is -0.0836 e. The molecule has 0 aliphatic heterocycles. The standard InChI is InChI=1S/C6HCl3/c7-4-1-2-5(8)6(9)3-4/h1H. The summed E-state index contributed by atoms with van der Waals surface area (Å²) < 4.78 is 0. The molecular formula is C6HCl3. The molecule has 1 aromatic carbocycles. The summed E-state index contributed by atoms with van der Waals surface area (Å²) in [5.41, 5.74) is 0. The van der Waals surface area contributed by atoms with Crippen LogP contribution in [0.25, 0.3) is 0 Å². The van der Waals surface area contributed by atoms with Crippen molar-refractivity contribution in [3.8, 4) is 0 Å². The Morgan fingerprint density at radius 2 is 1.78 bits per heavy atom. The van der Waals surface area contributed by atoms with Gasteiger partial charge in [-0.05, 0) is 6.07 Å². The van der Waals surface area contributed by atoms with Crippen molar-refractivity contribution in [1.29, 1.82) is 0 Å². The largest absolute Gasteiger partial charge is 0.0836 e. The van der Waals surface area contributed by atoms with Crippen LogP contribution in [0.2, 0.25) is 15.1 Å². The van der Waals surface area contributed by atoms with Crippen LogP contribution in [0.15, 0.2) is 6.07 Å². The second-order valence-electron chi connectivity index (χ2n) is 1.39. The minimum atomic E-state index is 0.309. The van der Waals surface area contributed by atoms with E-state index < -0.39 is 0 Å². The van der Waals surface area contributed by atoms with Crippen molar-refractivity contribution < 1.29 is 0 Å². The molecule has 0 N–H and O–H groups in total. The van der Waals surface area contributed by atoms with Gasteiger partial charge in [-0.15, -0.1) is 0 Å². The summed E-state index contributed by atoms with van der Waals surface area (Å²) in [6, 6.07) is 6.75. The Labute approximate surface area is 68.3 Å². The summed E-state index contributed by atoms with van der Waals surface area (Å²) in [5.74, 6) is 0. The highest BCUT2D eigenvalue weighted by molar-refractivity contribution is 6.42. The first kappa shape index (κ1) is 7.20. The van der Waals surface area contributed by atoms with Crippen LogP contribution in [0.3, 0.4) is 0 Å². The van der Waals surface area contributed by atoms with Crippen molar-refractivity contribution in [3.05, 3.63) is 33.3 Å². The topological polar surface area (TPSA) is 0 Å². The molecule has 46 valence electrons. The molecule has 0 spiro atoms. The maximum absolute atomic E-state index is 5.51. The van der Waals surface area contributed by atoms with Crippen molar-refractivity contribution >= 4 is 34.8 Å². The molecule has 2 radical (unpaired) electrons. The molecule has 0 aliphatic rings. The summed E-state index contributed by atoms with van der Waals surface area (Å²) in [5, 5.41) is 1.08. The molecule has 0 heterocycles. The predicted octanol–water partition coefficient (Wildman–Crippen LogP) is 3.25. The van der Waals surface area contributed by atoms with Gasteiger partial charge in [0.15, 0.2) is 0 Å². The number of halogens is 3. The van der Waals surface area contributed by atoms with E-state index in [4.69, 9.17) is 34.8 Å². The van der Waals surface area contributed by atoms with Crippen molar-refractivity contribution in [2.45, 2.75) is 0 Å². The Bertz CT molecular complexity index is 220. The molecule has 3 heteroatoms. The van der Waals surface area contributed by atoms with Crippen LogP contribution in [0, 0.1) is 12.1 Å². The van der Waals surface area contributed by atoms with Crippen LogP contribution in [0.5, 0.6) is 0 Å². The van der Waals surface area contributed by atoms with Gasteiger partial charge >= 0.3 is 0 Å². The fourth-order valence-corrected chi connectivity index (χ4v) is 0.841. The summed E-state index contributed by atoms with van der Waals surface area (Å²) in [6.07, 6.45) is 0. The third kappa shape index (κ3) is 1.75. The first-order valence-corrected chi connectivity index (χ1v) is 3.28. The molecular weight excluding hydrogens is 178 g/mol. The highest BCUT2D eigenvalue weighted by Gasteiger charge is 1.96. The lowest BCUT2D eigenvalue weighted by atomic mass is 10.4. The maximum atomic E-state index is 5.51. The molecule has 0 saturated carbocycles. The average Bonchev–Trinajstić information content (AvgIpc) is 1.80. The van der Waals surface area contributed by atoms with E-state index in [-0.39, 0.29) is 0 Å². The molecule has 0 amide bonds. The molecule has 1 rings (SSSR count). The summed E-state index contributed by atoms with van der Waals surface area (Å²) in [7, 11) is 0. The van der Waals surface area contributed by atoms with Gasteiger partial charge in [-0.3, -0.25) is 0 Å². The maximum Gasteiger partial charge on any atom is 0.0693 e. The molecule has 0 unspecified atom stereocenters. The Morgan fingerprint density at radius 1 is 1.11 bits per heavy atom. The highest BCUT2D eigenvalue weighted by Crippen LogP contribution is 2.23. The summed E-state index contributed by atoms with van der Waals surface area (Å²) >= 11 is 16.5. The molecule has 0 saturated heterocycles. The second kappa shape index (κ2) is 2.78. The third-order valence-corrected chi connectivity index (χ3v) is 1.63. The van der Waals surface area contributed by atoms with E-state index in [1.54, 1.807) is 0 Å². The Hall–Kier alpha value is 0.0900. The lowest BCUT2D eigenvalue weighted by Crippen LogP contribution is -1.68. The van der Waals surface area contributed by atoms with Crippen LogP contribution < -0.4 is 0 Å². The Morgan fingerprint density at radius 3 is 2.22 bits per heavy atom. The van der Waals surface area contributed by atoms with E-state index in [0.29, 0.717) is 15.1 Å². The third-order valence-electron chi connectivity index (χ3n) is 0.747. The van der Waals surface area contributed by atoms with Crippen molar-refractivity contribution in [1.82, 2.24) is 0 Å². The van der Waals surface area contributed by atoms with Crippen LogP contribution in [0.4, 0.5) is 0 Å². The lowest BCUT2D eigenvalue weighted by molar-refractivity contribution is 1.67. The van der Waals surface area contributed by atoms with E-state index in [2.05, 4.69) is 12.1 Å². The van der Waals surface area contributed by atoms with Gasteiger partial charge in [-0.2, -0.15) is 0 Å². The average molecular weight is 179 g/mol. The SMILES string of the molecule is Clc1[c]c(Cl)c(Cl)[c]c1. The van der Waals surface area contributed by atoms with Gasteiger partial charge in [0, 0.05) is 12.1 Å². The van der Waals surface area contributed by atoms with E-state index in [9.17, 15) is 0 Å². The van der Waals surface area contributed by atoms with Crippen molar-refractivity contribution in [2.24, 2.45) is 0 Å². The zero-order valence-electron chi connectivity index (χ0n) is 4.21. The summed E-state index contributed by atoms with van der Waals surface area (Å²) in [6.45, 7) is 0. The minimum absolute atomic E-state index is 0.309. The molecule has 0 aliphatic carbocycles. The van der Waals surface area contributed by atoms with E-state index in [1.165, 1.54) is 6.07 Å². The van der Waals surface area contributed by atoms with Gasteiger partial charge in [-0.1, -0.05) is 34.8 Å². The monoisotopic (exact) mass is 178 g/mol. The first-order valence-electron chi connectivity index (χ1n) is 2.14.